The SMILES string of the molecule is CCn1cc(-n2c(C#N)c(Sc3cccc(C4(C(=O)O)CC4)c3F)c3ccc(Cl)c(F)c32)cn1. The van der Waals surface area contributed by atoms with E-state index < -0.39 is 23.0 Å². The topological polar surface area (TPSA) is 83.8 Å². The van der Waals surface area contributed by atoms with Crippen LogP contribution < -0.4 is 0 Å². The van der Waals surface area contributed by atoms with E-state index in [4.69, 9.17) is 11.6 Å². The first-order valence-electron chi connectivity index (χ1n) is 10.5. The van der Waals surface area contributed by atoms with E-state index in [1.165, 1.54) is 29.0 Å². The van der Waals surface area contributed by atoms with Gasteiger partial charge in [-0.05, 0) is 38.0 Å². The third-order valence-corrected chi connectivity index (χ3v) is 7.58. The summed E-state index contributed by atoms with van der Waals surface area (Å²) >= 11 is 7.02. The molecule has 34 heavy (non-hydrogen) atoms. The molecule has 6 nitrogen and oxygen atoms in total. The number of aromatic nitrogens is 3. The smallest absolute Gasteiger partial charge is 0.314 e. The minimum absolute atomic E-state index is 0.0861. The highest BCUT2D eigenvalue weighted by Gasteiger charge is 2.53. The van der Waals surface area contributed by atoms with Gasteiger partial charge in [0.25, 0.3) is 0 Å². The van der Waals surface area contributed by atoms with Crippen molar-refractivity contribution < 1.29 is 18.7 Å². The molecule has 2 aromatic carbocycles. The van der Waals surface area contributed by atoms with Crippen molar-refractivity contribution in [1.82, 2.24) is 14.3 Å². The van der Waals surface area contributed by atoms with Crippen molar-refractivity contribution in [3.8, 4) is 11.8 Å². The summed E-state index contributed by atoms with van der Waals surface area (Å²) in [5.74, 6) is -2.42. The lowest BCUT2D eigenvalue weighted by Gasteiger charge is -2.13. The van der Waals surface area contributed by atoms with Crippen LogP contribution in [-0.4, -0.2) is 25.4 Å². The fourth-order valence-corrected chi connectivity index (χ4v) is 5.41. The molecule has 1 aliphatic rings. The van der Waals surface area contributed by atoms with E-state index in [1.54, 1.807) is 23.0 Å². The van der Waals surface area contributed by atoms with Gasteiger partial charge in [-0.25, -0.2) is 8.78 Å². The molecule has 1 N–H and O–H groups in total. The van der Waals surface area contributed by atoms with E-state index >= 15 is 8.78 Å². The van der Waals surface area contributed by atoms with Gasteiger partial charge < -0.3 is 5.11 Å². The number of hydrogen-bond donors (Lipinski definition) is 1. The lowest BCUT2D eigenvalue weighted by atomic mass is 9.96. The monoisotopic (exact) mass is 498 g/mol. The highest BCUT2D eigenvalue weighted by molar-refractivity contribution is 7.99. The fourth-order valence-electron chi connectivity index (χ4n) is 4.18. The predicted octanol–water partition coefficient (Wildman–Crippen LogP) is 5.92. The summed E-state index contributed by atoms with van der Waals surface area (Å²) in [6.07, 6.45) is 3.92. The standard InChI is InChI=1S/C24H17ClF2N4O2S/c1-2-30-12-13(11-29-30)31-17(10-28)22(14-6-7-16(25)20(27)21(14)31)34-18-5-3-4-15(19(18)26)24(8-9-24)23(32)33/h3-7,11-12H,2,8-9H2,1H3,(H,32,33). The van der Waals surface area contributed by atoms with Gasteiger partial charge in [0, 0.05) is 28.6 Å². The highest BCUT2D eigenvalue weighted by atomic mass is 35.5. The summed E-state index contributed by atoms with van der Waals surface area (Å²) < 4.78 is 33.9. The molecule has 0 saturated heterocycles. The van der Waals surface area contributed by atoms with Crippen molar-refractivity contribution in [2.45, 2.75) is 41.5 Å². The number of fused-ring (bicyclic) bond motifs is 1. The third kappa shape index (κ3) is 3.29. The molecule has 0 aliphatic heterocycles. The van der Waals surface area contributed by atoms with Gasteiger partial charge in [-0.2, -0.15) is 10.4 Å². The summed E-state index contributed by atoms with van der Waals surface area (Å²) in [5, 5.41) is 24.2. The largest absolute Gasteiger partial charge is 0.481 e. The Morgan fingerprint density at radius 1 is 1.29 bits per heavy atom. The van der Waals surface area contributed by atoms with Crippen LogP contribution in [0.2, 0.25) is 5.02 Å². The van der Waals surface area contributed by atoms with E-state index in [2.05, 4.69) is 11.2 Å². The van der Waals surface area contributed by atoms with Crippen LogP contribution in [0.1, 0.15) is 31.0 Å². The van der Waals surface area contributed by atoms with Crippen LogP contribution in [0.5, 0.6) is 0 Å². The van der Waals surface area contributed by atoms with Crippen LogP contribution in [0, 0.1) is 23.0 Å². The minimum Gasteiger partial charge on any atom is -0.481 e. The van der Waals surface area contributed by atoms with Crippen LogP contribution in [0.3, 0.4) is 0 Å². The second-order valence-electron chi connectivity index (χ2n) is 8.04. The molecule has 10 heteroatoms. The molecule has 0 unspecified atom stereocenters. The van der Waals surface area contributed by atoms with Gasteiger partial charge in [-0.1, -0.05) is 35.5 Å². The van der Waals surface area contributed by atoms with E-state index in [0.29, 0.717) is 35.4 Å². The number of benzene rings is 2. The number of rotatable bonds is 6. The molecule has 0 atom stereocenters. The average molecular weight is 499 g/mol. The molecule has 0 amide bonds. The Bertz CT molecular complexity index is 1520. The molecule has 1 saturated carbocycles. The maximum Gasteiger partial charge on any atom is 0.314 e. The van der Waals surface area contributed by atoms with Crippen molar-refractivity contribution in [3.63, 3.8) is 0 Å². The number of nitrogens with zero attached hydrogens (tertiary/aromatic N) is 4. The number of halogens is 3. The number of carbonyl (C=O) groups is 1. The molecule has 2 heterocycles. The summed E-state index contributed by atoms with van der Waals surface area (Å²) in [4.78, 5) is 12.2. The van der Waals surface area contributed by atoms with Crippen LogP contribution in [0.25, 0.3) is 16.6 Å². The molecule has 0 spiro atoms. The second kappa shape index (κ2) is 8.15. The summed E-state index contributed by atoms with van der Waals surface area (Å²) in [5.41, 5.74) is -0.454. The number of hydrogen-bond acceptors (Lipinski definition) is 4. The summed E-state index contributed by atoms with van der Waals surface area (Å²) in [6.45, 7) is 2.48. The first kappa shape index (κ1) is 22.4. The van der Waals surface area contributed by atoms with Gasteiger partial charge in [0.05, 0.1) is 32.7 Å². The van der Waals surface area contributed by atoms with Gasteiger partial charge in [0.1, 0.15) is 17.6 Å². The molecule has 0 radical (unpaired) electrons. The van der Waals surface area contributed by atoms with E-state index in [9.17, 15) is 15.2 Å². The second-order valence-corrected chi connectivity index (χ2v) is 9.50. The van der Waals surface area contributed by atoms with Crippen molar-refractivity contribution in [2.24, 2.45) is 0 Å². The Labute approximate surface area is 202 Å². The number of aliphatic carboxylic acids is 1. The van der Waals surface area contributed by atoms with Gasteiger partial charge in [-0.15, -0.1) is 0 Å². The van der Waals surface area contributed by atoms with E-state index in [1.807, 2.05) is 6.92 Å². The third-order valence-electron chi connectivity index (χ3n) is 6.13. The van der Waals surface area contributed by atoms with E-state index in [-0.39, 0.29) is 26.7 Å². The summed E-state index contributed by atoms with van der Waals surface area (Å²) in [7, 11) is 0. The molecule has 172 valence electrons. The Balaban J connectivity index is 1.73. The molecular weight excluding hydrogens is 482 g/mol. The first-order chi connectivity index (χ1) is 16.3. The zero-order valence-electron chi connectivity index (χ0n) is 17.8. The van der Waals surface area contributed by atoms with Crippen LogP contribution >= 0.6 is 23.4 Å². The van der Waals surface area contributed by atoms with Crippen LogP contribution in [-0.2, 0) is 16.8 Å². The minimum atomic E-state index is -1.22. The number of nitriles is 1. The lowest BCUT2D eigenvalue weighted by molar-refractivity contribution is -0.140. The Hall–Kier alpha value is -3.35. The number of aryl methyl sites for hydroxylation is 1. The van der Waals surface area contributed by atoms with Crippen molar-refractivity contribution in [2.75, 3.05) is 0 Å². The van der Waals surface area contributed by atoms with Crippen LogP contribution in [0.4, 0.5) is 8.78 Å². The molecule has 1 fully saturated rings. The zero-order chi connectivity index (χ0) is 24.2. The van der Waals surface area contributed by atoms with Crippen molar-refractivity contribution in [1.29, 1.82) is 5.26 Å². The maximum absolute atomic E-state index is 15.5. The molecule has 0 bridgehead atoms. The average Bonchev–Trinajstić information content (AvgIpc) is 3.39. The lowest BCUT2D eigenvalue weighted by Crippen LogP contribution is -2.21. The fraction of sp³-hybridized carbons (Fsp3) is 0.208. The number of carboxylic acids is 1. The van der Waals surface area contributed by atoms with Crippen molar-refractivity contribution >= 4 is 40.2 Å². The Morgan fingerprint density at radius 3 is 2.68 bits per heavy atom. The van der Waals surface area contributed by atoms with Gasteiger partial charge in [-0.3, -0.25) is 14.0 Å². The molecule has 4 aromatic rings. The summed E-state index contributed by atoms with van der Waals surface area (Å²) in [6, 6.07) is 9.69. The van der Waals surface area contributed by atoms with Crippen molar-refractivity contribution in [3.05, 3.63) is 70.6 Å². The Morgan fingerprint density at radius 2 is 2.06 bits per heavy atom. The molecule has 2 aromatic heterocycles. The normalized spacial score (nSPS) is 14.3. The number of carboxylic acid groups (broad SMARTS) is 1. The maximum atomic E-state index is 15.5. The van der Waals surface area contributed by atoms with Gasteiger partial charge >= 0.3 is 5.97 Å². The van der Waals surface area contributed by atoms with Gasteiger partial charge in [0.15, 0.2) is 5.82 Å². The molecule has 1 aliphatic carbocycles. The van der Waals surface area contributed by atoms with Crippen LogP contribution in [0.15, 0.2) is 52.5 Å². The Kier molecular flexibility index (Phi) is 5.38. The quantitative estimate of drug-likeness (QED) is 0.357. The highest BCUT2D eigenvalue weighted by Crippen LogP contribution is 2.51. The molecular formula is C24H17ClF2N4O2S. The van der Waals surface area contributed by atoms with E-state index in [0.717, 1.165) is 11.8 Å². The zero-order valence-corrected chi connectivity index (χ0v) is 19.4. The molecule has 5 rings (SSSR count). The predicted molar refractivity (Wildman–Crippen MR) is 123 cm³/mol. The van der Waals surface area contributed by atoms with Gasteiger partial charge in [0.2, 0.25) is 0 Å². The first-order valence-corrected chi connectivity index (χ1v) is 11.7.